The molecule has 0 amide bonds. The topological polar surface area (TPSA) is 42.2 Å². The zero-order valence-electron chi connectivity index (χ0n) is 9.83. The number of nitrogens with two attached hydrogens (primary N) is 1. The van der Waals surface area contributed by atoms with Crippen molar-refractivity contribution in [3.8, 4) is 0 Å². The molecule has 2 aliphatic rings. The lowest BCUT2D eigenvalue weighted by atomic mass is 10.1. The molecule has 3 rings (SSSR count). The van der Waals surface area contributed by atoms with Crippen LogP contribution in [0.15, 0.2) is 0 Å². The van der Waals surface area contributed by atoms with Crippen LogP contribution in [0.1, 0.15) is 42.7 Å². The molecule has 0 unspecified atom stereocenters. The average molecular weight is 237 g/mol. The summed E-state index contributed by atoms with van der Waals surface area (Å²) in [6.07, 6.45) is 6.25. The highest BCUT2D eigenvalue weighted by Crippen LogP contribution is 2.47. The van der Waals surface area contributed by atoms with E-state index in [2.05, 4.69) is 11.8 Å². The molecule has 1 saturated heterocycles. The molecule has 0 spiro atoms. The van der Waals surface area contributed by atoms with Gasteiger partial charge in [0.2, 0.25) is 0 Å². The predicted octanol–water partition coefficient (Wildman–Crippen LogP) is 2.39. The number of rotatable bonds is 2. The Morgan fingerprint density at radius 3 is 2.56 bits per heavy atom. The van der Waals surface area contributed by atoms with Crippen molar-refractivity contribution in [3.63, 3.8) is 0 Å². The van der Waals surface area contributed by atoms with Crippen molar-refractivity contribution >= 4 is 16.5 Å². The van der Waals surface area contributed by atoms with E-state index in [1.54, 1.807) is 0 Å². The van der Waals surface area contributed by atoms with Gasteiger partial charge in [-0.15, -0.1) is 0 Å². The maximum Gasteiger partial charge on any atom is 0.185 e. The van der Waals surface area contributed by atoms with Crippen LogP contribution < -0.4 is 10.6 Å². The smallest absolute Gasteiger partial charge is 0.185 e. The summed E-state index contributed by atoms with van der Waals surface area (Å²) in [5, 5.41) is 1.20. The van der Waals surface area contributed by atoms with Gasteiger partial charge in [-0.25, -0.2) is 4.98 Å². The number of anilines is 1. The van der Waals surface area contributed by atoms with E-state index in [4.69, 9.17) is 10.7 Å². The number of thiazole rings is 1. The highest BCUT2D eigenvalue weighted by molar-refractivity contribution is 7.16. The van der Waals surface area contributed by atoms with Crippen molar-refractivity contribution < 1.29 is 0 Å². The summed E-state index contributed by atoms with van der Waals surface area (Å²) in [4.78, 5) is 8.46. The minimum atomic E-state index is -0.0181. The molecule has 1 aromatic rings. The molecule has 0 bridgehead atoms. The monoisotopic (exact) mass is 237 g/mol. The van der Waals surface area contributed by atoms with Gasteiger partial charge in [0.1, 0.15) is 0 Å². The maximum absolute atomic E-state index is 6.26. The number of nitrogens with zero attached hydrogens (tertiary/aromatic N) is 2. The third kappa shape index (κ3) is 1.74. The first kappa shape index (κ1) is 10.5. The van der Waals surface area contributed by atoms with E-state index in [9.17, 15) is 0 Å². The van der Waals surface area contributed by atoms with Gasteiger partial charge in [-0.3, -0.25) is 0 Å². The Hall–Kier alpha value is -0.610. The summed E-state index contributed by atoms with van der Waals surface area (Å²) >= 11 is 1.83. The molecule has 4 heteroatoms. The zero-order chi connectivity index (χ0) is 11.2. The van der Waals surface area contributed by atoms with Gasteiger partial charge >= 0.3 is 0 Å². The summed E-state index contributed by atoms with van der Waals surface area (Å²) in [5.74, 6) is 0. The van der Waals surface area contributed by atoms with Gasteiger partial charge in [0.05, 0.1) is 11.2 Å². The molecule has 88 valence electrons. The van der Waals surface area contributed by atoms with Crippen LogP contribution in [0.3, 0.4) is 0 Å². The van der Waals surface area contributed by atoms with Crippen molar-refractivity contribution in [1.82, 2.24) is 4.98 Å². The van der Waals surface area contributed by atoms with E-state index >= 15 is 0 Å². The van der Waals surface area contributed by atoms with Crippen molar-refractivity contribution in [2.24, 2.45) is 5.73 Å². The van der Waals surface area contributed by atoms with E-state index in [0.29, 0.717) is 0 Å². The molecule has 1 aliphatic carbocycles. The number of aromatic nitrogens is 1. The Morgan fingerprint density at radius 1 is 1.25 bits per heavy atom. The number of hydrogen-bond donors (Lipinski definition) is 1. The maximum atomic E-state index is 6.26. The van der Waals surface area contributed by atoms with Gasteiger partial charge < -0.3 is 10.6 Å². The van der Waals surface area contributed by atoms with Crippen molar-refractivity contribution in [2.45, 2.75) is 44.6 Å². The molecule has 1 saturated carbocycles. The number of aryl methyl sites for hydroxylation is 1. The first-order valence-electron chi connectivity index (χ1n) is 6.21. The number of hydrogen-bond acceptors (Lipinski definition) is 4. The molecular weight excluding hydrogens is 218 g/mol. The van der Waals surface area contributed by atoms with Crippen LogP contribution in [-0.2, 0) is 5.54 Å². The summed E-state index contributed by atoms with van der Waals surface area (Å²) in [6.45, 7) is 4.44. The van der Waals surface area contributed by atoms with Crippen LogP contribution in [0.5, 0.6) is 0 Å². The van der Waals surface area contributed by atoms with E-state index in [1.807, 2.05) is 11.3 Å². The van der Waals surface area contributed by atoms with Gasteiger partial charge in [-0.05, 0) is 39.0 Å². The second kappa shape index (κ2) is 3.70. The van der Waals surface area contributed by atoms with Crippen LogP contribution in [0.4, 0.5) is 5.13 Å². The molecule has 1 aliphatic heterocycles. The van der Waals surface area contributed by atoms with Crippen molar-refractivity contribution in [2.75, 3.05) is 18.0 Å². The normalized spacial score (nSPS) is 23.5. The molecule has 2 heterocycles. The van der Waals surface area contributed by atoms with Crippen LogP contribution in [0, 0.1) is 6.92 Å². The number of piperidine rings is 1. The SMILES string of the molecule is Cc1nc(N2CCCCC2)sc1C1(N)CC1. The Balaban J connectivity index is 1.85. The van der Waals surface area contributed by atoms with Crippen molar-refractivity contribution in [1.29, 1.82) is 0 Å². The van der Waals surface area contributed by atoms with E-state index in [0.717, 1.165) is 18.5 Å². The third-order valence-electron chi connectivity index (χ3n) is 3.65. The highest BCUT2D eigenvalue weighted by atomic mass is 32.1. The fraction of sp³-hybridized carbons (Fsp3) is 0.750. The fourth-order valence-corrected chi connectivity index (χ4v) is 3.70. The minimum absolute atomic E-state index is 0.0181. The lowest BCUT2D eigenvalue weighted by molar-refractivity contribution is 0.576. The zero-order valence-corrected chi connectivity index (χ0v) is 10.6. The molecular formula is C12H19N3S. The van der Waals surface area contributed by atoms with Gasteiger partial charge in [0.15, 0.2) is 5.13 Å². The largest absolute Gasteiger partial charge is 0.348 e. The first-order chi connectivity index (χ1) is 7.69. The lowest BCUT2D eigenvalue weighted by Gasteiger charge is -2.25. The van der Waals surface area contributed by atoms with Crippen LogP contribution >= 0.6 is 11.3 Å². The summed E-state index contributed by atoms with van der Waals surface area (Å²) in [5.41, 5.74) is 7.40. The minimum Gasteiger partial charge on any atom is -0.348 e. The molecule has 0 atom stereocenters. The second-order valence-electron chi connectivity index (χ2n) is 5.11. The molecule has 3 nitrogen and oxygen atoms in total. The Bertz CT molecular complexity index is 389. The molecule has 1 aromatic heterocycles. The standard InChI is InChI=1S/C12H19N3S/c1-9-10(12(13)5-6-12)16-11(14-9)15-7-3-2-4-8-15/h2-8,13H2,1H3. The predicted molar refractivity (Wildman–Crippen MR) is 68.0 cm³/mol. The van der Waals surface area contributed by atoms with Crippen molar-refractivity contribution in [3.05, 3.63) is 10.6 Å². The van der Waals surface area contributed by atoms with E-state index < -0.39 is 0 Å². The third-order valence-corrected chi connectivity index (χ3v) is 5.09. The molecule has 2 N–H and O–H groups in total. The van der Waals surface area contributed by atoms with Crippen LogP contribution in [0.2, 0.25) is 0 Å². The van der Waals surface area contributed by atoms with E-state index in [1.165, 1.54) is 42.4 Å². The van der Waals surface area contributed by atoms with Crippen LogP contribution in [-0.4, -0.2) is 18.1 Å². The molecule has 2 fully saturated rings. The fourth-order valence-electron chi connectivity index (χ4n) is 2.43. The lowest BCUT2D eigenvalue weighted by Crippen LogP contribution is -2.29. The second-order valence-corrected chi connectivity index (χ2v) is 6.09. The molecule has 16 heavy (non-hydrogen) atoms. The van der Waals surface area contributed by atoms with Gasteiger partial charge in [-0.2, -0.15) is 0 Å². The van der Waals surface area contributed by atoms with E-state index in [-0.39, 0.29) is 5.54 Å². The summed E-state index contributed by atoms with van der Waals surface area (Å²) in [6, 6.07) is 0. The first-order valence-corrected chi connectivity index (χ1v) is 7.02. The van der Waals surface area contributed by atoms with Gasteiger partial charge in [0, 0.05) is 18.0 Å². The Kier molecular flexibility index (Phi) is 2.44. The Labute approximate surface area is 101 Å². The summed E-state index contributed by atoms with van der Waals surface area (Å²) in [7, 11) is 0. The van der Waals surface area contributed by atoms with Crippen LogP contribution in [0.25, 0.3) is 0 Å². The quantitative estimate of drug-likeness (QED) is 0.858. The van der Waals surface area contributed by atoms with Gasteiger partial charge in [-0.1, -0.05) is 11.3 Å². The molecule has 0 aromatic carbocycles. The molecule has 0 radical (unpaired) electrons. The summed E-state index contributed by atoms with van der Waals surface area (Å²) < 4.78 is 0. The average Bonchev–Trinajstić information content (AvgIpc) is 2.91. The van der Waals surface area contributed by atoms with Gasteiger partial charge in [0.25, 0.3) is 0 Å². The Morgan fingerprint density at radius 2 is 1.94 bits per heavy atom. The highest BCUT2D eigenvalue weighted by Gasteiger charge is 2.43.